The third kappa shape index (κ3) is 1.56. The molecule has 14 heavy (non-hydrogen) atoms. The van der Waals surface area contributed by atoms with Crippen molar-refractivity contribution in [2.24, 2.45) is 0 Å². The van der Waals surface area contributed by atoms with Gasteiger partial charge in [0.15, 0.2) is 0 Å². The SMILES string of the molecule is Cc1nc2c(cc1N)[I-][C@@H]1NC1[I-]O2. The average Bonchev–Trinajstić information content (AvgIpc) is 2.86. The zero-order valence-corrected chi connectivity index (χ0v) is 11.7. The van der Waals surface area contributed by atoms with Gasteiger partial charge in [0.25, 0.3) is 0 Å². The number of alkyl halides is 2. The van der Waals surface area contributed by atoms with Gasteiger partial charge in [0.2, 0.25) is 0 Å². The van der Waals surface area contributed by atoms with Gasteiger partial charge in [-0.3, -0.25) is 0 Å². The number of fused-ring (bicyclic) bond motifs is 2. The summed E-state index contributed by atoms with van der Waals surface area (Å²) in [5.41, 5.74) is 7.53. The molecule has 3 rings (SSSR count). The fourth-order valence-electron chi connectivity index (χ4n) is 1.18. The molecule has 2 aliphatic rings. The molecule has 4 nitrogen and oxygen atoms in total. The van der Waals surface area contributed by atoms with Crippen LogP contribution in [0, 0.1) is 10.5 Å². The average molecular weight is 417 g/mol. The maximum atomic E-state index is 5.84. The Morgan fingerprint density at radius 3 is 3.29 bits per heavy atom. The van der Waals surface area contributed by atoms with Crippen LogP contribution in [0.3, 0.4) is 0 Å². The molecule has 0 saturated carbocycles. The molecule has 1 unspecified atom stereocenters. The van der Waals surface area contributed by atoms with Gasteiger partial charge in [0, 0.05) is 0 Å². The van der Waals surface area contributed by atoms with Crippen molar-refractivity contribution in [3.8, 4) is 5.88 Å². The number of halogens is 2. The minimum absolute atomic E-state index is 0.00187. The van der Waals surface area contributed by atoms with Crippen molar-refractivity contribution < 1.29 is 45.9 Å². The number of nitrogens with zero attached hydrogens (tertiary/aromatic N) is 1. The maximum absolute atomic E-state index is 5.84. The molecule has 1 aromatic rings. The third-order valence-corrected chi connectivity index (χ3v) is 8.96. The molecule has 0 radical (unpaired) electrons. The number of aryl methyl sites for hydroxylation is 1. The van der Waals surface area contributed by atoms with E-state index in [1.54, 1.807) is 0 Å². The van der Waals surface area contributed by atoms with E-state index >= 15 is 0 Å². The van der Waals surface area contributed by atoms with Crippen LogP contribution >= 0.6 is 0 Å². The summed E-state index contributed by atoms with van der Waals surface area (Å²) in [5.74, 6) is 0.867. The van der Waals surface area contributed by atoms with Gasteiger partial charge in [0.05, 0.1) is 0 Å². The predicted octanol–water partition coefficient (Wildman–Crippen LogP) is -6.12. The van der Waals surface area contributed by atoms with Gasteiger partial charge < -0.3 is 0 Å². The number of aromatic nitrogens is 1. The van der Waals surface area contributed by atoms with Crippen LogP contribution in [0.4, 0.5) is 5.69 Å². The van der Waals surface area contributed by atoms with Crippen molar-refractivity contribution in [1.29, 1.82) is 0 Å². The summed E-state index contributed by atoms with van der Waals surface area (Å²) in [6, 6.07) is 2.05. The van der Waals surface area contributed by atoms with E-state index in [0.29, 0.717) is 4.05 Å². The first kappa shape index (κ1) is 9.40. The number of nitrogens with two attached hydrogens (primary N) is 1. The topological polar surface area (TPSA) is 70.1 Å². The predicted molar refractivity (Wildman–Crippen MR) is 43.4 cm³/mol. The Morgan fingerprint density at radius 2 is 2.43 bits per heavy atom. The van der Waals surface area contributed by atoms with Gasteiger partial charge in [-0.2, -0.15) is 0 Å². The van der Waals surface area contributed by atoms with Crippen LogP contribution in [0.15, 0.2) is 6.07 Å². The zero-order valence-electron chi connectivity index (χ0n) is 7.42. The molecule has 1 aromatic heterocycles. The van der Waals surface area contributed by atoms with Crippen LogP contribution in [0.1, 0.15) is 5.69 Å². The molecule has 0 spiro atoms. The first-order chi connectivity index (χ1) is 6.74. The Bertz CT molecular complexity index is 398. The summed E-state index contributed by atoms with van der Waals surface area (Å²) in [6.07, 6.45) is 0. The molecule has 3 heterocycles. The zero-order chi connectivity index (χ0) is 9.71. The minimum atomic E-state index is -0.200. The second-order valence-electron chi connectivity index (χ2n) is 3.20. The van der Waals surface area contributed by atoms with Crippen LogP contribution in [0.25, 0.3) is 0 Å². The second-order valence-corrected chi connectivity index (χ2v) is 8.61. The van der Waals surface area contributed by atoms with E-state index in [4.69, 9.17) is 8.80 Å². The van der Waals surface area contributed by atoms with E-state index in [9.17, 15) is 0 Å². The summed E-state index contributed by atoms with van der Waals surface area (Å²) in [7, 11) is 0. The van der Waals surface area contributed by atoms with E-state index < -0.39 is 0 Å². The molecule has 2 aliphatic heterocycles. The van der Waals surface area contributed by atoms with Gasteiger partial charge in [-0.25, -0.2) is 0 Å². The number of anilines is 1. The Morgan fingerprint density at radius 1 is 1.57 bits per heavy atom. The van der Waals surface area contributed by atoms with Crippen LogP contribution < -0.4 is 56.9 Å². The summed E-state index contributed by atoms with van der Waals surface area (Å²) in [6.45, 7) is 1.93. The van der Waals surface area contributed by atoms with Crippen LogP contribution in [-0.4, -0.2) is 13.1 Å². The number of rotatable bonds is 0. The second kappa shape index (κ2) is 3.34. The van der Waals surface area contributed by atoms with E-state index in [0.717, 1.165) is 21.3 Å². The molecule has 0 bridgehead atoms. The van der Waals surface area contributed by atoms with Gasteiger partial charge in [-0.1, -0.05) is 0 Å². The van der Waals surface area contributed by atoms with Gasteiger partial charge in [0.1, 0.15) is 0 Å². The summed E-state index contributed by atoms with van der Waals surface area (Å²) < 4.78 is 8.42. The molecule has 6 heteroatoms. The van der Waals surface area contributed by atoms with Crippen LogP contribution in [-0.2, 0) is 0 Å². The van der Waals surface area contributed by atoms with Crippen LogP contribution in [0.5, 0.6) is 5.88 Å². The summed E-state index contributed by atoms with van der Waals surface area (Å²) >= 11 is -0.202. The van der Waals surface area contributed by atoms with Gasteiger partial charge in [-0.05, 0) is 0 Å². The molecule has 3 N–H and O–H groups in total. The molecule has 0 amide bonds. The number of hydrogen-bond donors (Lipinski definition) is 2. The van der Waals surface area contributed by atoms with Gasteiger partial charge in [-0.15, -0.1) is 0 Å². The number of hydrogen-bond acceptors (Lipinski definition) is 4. The first-order valence-corrected chi connectivity index (χ1v) is 8.66. The van der Waals surface area contributed by atoms with E-state index in [2.05, 4.69) is 16.4 Å². The molecule has 0 aliphatic carbocycles. The Balaban J connectivity index is 2.04. The number of nitrogens with one attached hydrogen (secondary N) is 1. The quantitative estimate of drug-likeness (QED) is 0.191. The molecule has 2 atom stereocenters. The normalized spacial score (nSPS) is 29.5. The molecule has 0 aromatic carbocycles. The van der Waals surface area contributed by atoms with Gasteiger partial charge >= 0.3 is 104 Å². The Kier molecular flexibility index (Phi) is 2.24. The van der Waals surface area contributed by atoms with Crippen molar-refractivity contribution in [3.63, 3.8) is 0 Å². The van der Waals surface area contributed by atoms with E-state index in [1.807, 2.05) is 6.92 Å². The van der Waals surface area contributed by atoms with Crippen LogP contribution in [0.2, 0.25) is 0 Å². The Hall–Kier alpha value is 0.170. The van der Waals surface area contributed by atoms with Crippen molar-refractivity contribution in [2.75, 3.05) is 5.73 Å². The Labute approximate surface area is 103 Å². The number of pyridine rings is 1. The molecular formula is C8H9I2N3O-2. The van der Waals surface area contributed by atoms with E-state index in [-0.39, 0.29) is 42.8 Å². The summed E-state index contributed by atoms with van der Waals surface area (Å²) in [5, 5.41) is 3.45. The van der Waals surface area contributed by atoms with Crippen molar-refractivity contribution in [1.82, 2.24) is 10.3 Å². The molecule has 78 valence electrons. The molecule has 1 saturated heterocycles. The number of nitrogen functional groups attached to an aromatic ring is 1. The van der Waals surface area contributed by atoms with Crippen molar-refractivity contribution in [2.45, 2.75) is 15.0 Å². The first-order valence-electron chi connectivity index (χ1n) is 4.21. The molecular weight excluding hydrogens is 408 g/mol. The monoisotopic (exact) mass is 417 g/mol. The third-order valence-electron chi connectivity index (χ3n) is 2.09. The van der Waals surface area contributed by atoms with E-state index in [1.165, 1.54) is 3.57 Å². The fraction of sp³-hybridized carbons (Fsp3) is 0.375. The standard InChI is InChI=1S/C8H9I2N3O/c1-3-5(11)2-4-8(12-3)14-10-7-6(9-4)13-7/h2,6-7,13H,11H2,1H3/q-2/t6-,7?/m1/s1. The van der Waals surface area contributed by atoms with Crippen molar-refractivity contribution >= 4 is 5.69 Å². The fourth-order valence-corrected chi connectivity index (χ4v) is 8.20. The molecule has 1 fully saturated rings. The summed E-state index contributed by atoms with van der Waals surface area (Å²) in [4.78, 5) is 4.41. The van der Waals surface area contributed by atoms with Crippen molar-refractivity contribution in [3.05, 3.63) is 15.3 Å².